The molecule has 0 aliphatic heterocycles. The molecule has 0 bridgehead atoms. The summed E-state index contributed by atoms with van der Waals surface area (Å²) >= 11 is 10.6. The maximum absolute atomic E-state index is 12.3. The van der Waals surface area contributed by atoms with E-state index in [2.05, 4.69) is 0 Å². The summed E-state index contributed by atoms with van der Waals surface area (Å²) in [4.78, 5) is -2.49. The molecule has 0 fully saturated rings. The average Bonchev–Trinajstić information content (AvgIpc) is 1.95. The Morgan fingerprint density at radius 3 is 2.38 bits per heavy atom. The minimum atomic E-state index is -4.58. The van der Waals surface area contributed by atoms with Crippen LogP contribution in [-0.2, 0) is 0 Å². The number of hydrogen-bond acceptors (Lipinski definition) is 1. The minimum Gasteiger partial charge on any atom is -0.507 e. The topological polar surface area (TPSA) is 20.2 Å². The van der Waals surface area contributed by atoms with Gasteiger partial charge in [0, 0.05) is 6.42 Å². The van der Waals surface area contributed by atoms with Gasteiger partial charge >= 0.3 is 6.18 Å². The second-order valence-corrected chi connectivity index (χ2v) is 3.79. The Kier molecular flexibility index (Phi) is 2.56. The van der Waals surface area contributed by atoms with E-state index in [0.717, 1.165) is 6.08 Å². The molecule has 0 spiro atoms. The zero-order valence-electron chi connectivity index (χ0n) is 6.20. The molecule has 0 saturated heterocycles. The van der Waals surface area contributed by atoms with Crippen molar-refractivity contribution in [3.8, 4) is 0 Å². The van der Waals surface area contributed by atoms with Crippen LogP contribution < -0.4 is 0 Å². The molecule has 1 atom stereocenters. The van der Waals surface area contributed by atoms with Crippen molar-refractivity contribution in [3.05, 3.63) is 22.9 Å². The van der Waals surface area contributed by atoms with Crippen molar-refractivity contribution in [3.63, 3.8) is 0 Å². The van der Waals surface area contributed by atoms with Crippen LogP contribution in [0.15, 0.2) is 22.9 Å². The molecule has 0 aromatic carbocycles. The highest BCUT2D eigenvalue weighted by Gasteiger charge is 2.53. The molecule has 0 aromatic rings. The third kappa shape index (κ3) is 1.94. The van der Waals surface area contributed by atoms with Gasteiger partial charge in [-0.1, -0.05) is 17.7 Å². The second-order valence-electron chi connectivity index (χ2n) is 2.66. The van der Waals surface area contributed by atoms with Crippen LogP contribution in [0.3, 0.4) is 0 Å². The van der Waals surface area contributed by atoms with Gasteiger partial charge in [-0.05, 0) is 6.08 Å². The van der Waals surface area contributed by atoms with Gasteiger partial charge < -0.3 is 5.11 Å². The van der Waals surface area contributed by atoms with Crippen molar-refractivity contribution in [2.45, 2.75) is 17.5 Å². The number of rotatable bonds is 0. The summed E-state index contributed by atoms with van der Waals surface area (Å²) in [5.74, 6) is -0.373. The number of aliphatic hydroxyl groups is 1. The molecule has 0 heterocycles. The average molecular weight is 233 g/mol. The number of alkyl halides is 4. The van der Waals surface area contributed by atoms with Crippen molar-refractivity contribution >= 4 is 23.2 Å². The molecule has 74 valence electrons. The molecule has 0 saturated carbocycles. The van der Waals surface area contributed by atoms with Gasteiger partial charge in [-0.2, -0.15) is 13.2 Å². The molecule has 1 rings (SSSR count). The first-order valence-corrected chi connectivity index (χ1v) is 4.04. The van der Waals surface area contributed by atoms with E-state index in [4.69, 9.17) is 28.3 Å². The van der Waals surface area contributed by atoms with Crippen molar-refractivity contribution in [2.75, 3.05) is 0 Å². The van der Waals surface area contributed by atoms with Gasteiger partial charge in [0.05, 0.1) is 5.03 Å². The molecule has 1 nitrogen and oxygen atoms in total. The Balaban J connectivity index is 2.97. The molecule has 0 amide bonds. The Hall–Kier alpha value is -0.350. The maximum atomic E-state index is 12.3. The highest BCUT2D eigenvalue weighted by atomic mass is 35.5. The lowest BCUT2D eigenvalue weighted by Gasteiger charge is -2.28. The normalized spacial score (nSPS) is 29.6. The minimum absolute atomic E-state index is 0.283. The number of allylic oxidation sites excluding steroid dienone is 3. The number of aliphatic hydroxyl groups excluding tert-OH is 1. The second kappa shape index (κ2) is 3.10. The molecule has 0 radical (unpaired) electrons. The van der Waals surface area contributed by atoms with Crippen molar-refractivity contribution in [2.24, 2.45) is 0 Å². The van der Waals surface area contributed by atoms with Crippen LogP contribution in [0.4, 0.5) is 13.2 Å². The van der Waals surface area contributed by atoms with Crippen molar-refractivity contribution < 1.29 is 18.3 Å². The summed E-state index contributed by atoms with van der Waals surface area (Å²) in [6.07, 6.45) is -3.67. The van der Waals surface area contributed by atoms with E-state index in [-0.39, 0.29) is 10.8 Å². The smallest absolute Gasteiger partial charge is 0.411 e. The first-order valence-electron chi connectivity index (χ1n) is 3.29. The molecule has 0 aromatic heterocycles. The Morgan fingerprint density at radius 2 is 2.00 bits per heavy atom. The summed E-state index contributed by atoms with van der Waals surface area (Å²) in [6, 6.07) is 0. The van der Waals surface area contributed by atoms with E-state index in [9.17, 15) is 13.2 Å². The van der Waals surface area contributed by atoms with Crippen molar-refractivity contribution in [1.29, 1.82) is 0 Å². The van der Waals surface area contributed by atoms with Crippen molar-refractivity contribution in [1.82, 2.24) is 0 Å². The third-order valence-electron chi connectivity index (χ3n) is 1.67. The van der Waals surface area contributed by atoms with Gasteiger partial charge in [-0.25, -0.2) is 0 Å². The fourth-order valence-electron chi connectivity index (χ4n) is 0.872. The monoisotopic (exact) mass is 232 g/mol. The highest BCUT2D eigenvalue weighted by Crippen LogP contribution is 2.45. The van der Waals surface area contributed by atoms with Crippen LogP contribution >= 0.6 is 23.2 Å². The molecule has 1 unspecified atom stereocenters. The SMILES string of the molecule is OC1=C(Cl)CC(Cl)(C(F)(F)F)C=C1. The highest BCUT2D eigenvalue weighted by molar-refractivity contribution is 6.32. The fourth-order valence-corrected chi connectivity index (χ4v) is 1.41. The number of hydrogen-bond donors (Lipinski definition) is 1. The van der Waals surface area contributed by atoms with E-state index in [1.54, 1.807) is 0 Å². The zero-order valence-corrected chi connectivity index (χ0v) is 7.71. The van der Waals surface area contributed by atoms with Gasteiger partial charge in [0.1, 0.15) is 5.76 Å². The van der Waals surface area contributed by atoms with Crippen LogP contribution in [0.1, 0.15) is 6.42 Å². The van der Waals surface area contributed by atoms with Crippen LogP contribution in [0.5, 0.6) is 0 Å². The molecule has 1 N–H and O–H groups in total. The molecule has 6 heteroatoms. The fraction of sp³-hybridized carbons (Fsp3) is 0.429. The van der Waals surface area contributed by atoms with Crippen LogP contribution in [0.25, 0.3) is 0 Å². The largest absolute Gasteiger partial charge is 0.507 e. The lowest BCUT2D eigenvalue weighted by atomic mass is 9.98. The van der Waals surface area contributed by atoms with Gasteiger partial charge in [0.25, 0.3) is 0 Å². The molecular weight excluding hydrogens is 228 g/mol. The van der Waals surface area contributed by atoms with E-state index >= 15 is 0 Å². The van der Waals surface area contributed by atoms with E-state index < -0.39 is 17.5 Å². The standard InChI is InChI=1S/C7H5Cl2F3O/c8-4-3-6(9,7(10,11)12)2-1-5(4)13/h1-2,13H,3H2. The van der Waals surface area contributed by atoms with E-state index in [1.165, 1.54) is 0 Å². The summed E-state index contributed by atoms with van der Waals surface area (Å²) < 4.78 is 36.8. The number of halogens is 5. The summed E-state index contributed by atoms with van der Waals surface area (Å²) in [5.41, 5.74) is 0. The first kappa shape index (κ1) is 10.7. The first-order chi connectivity index (χ1) is 5.76. The Morgan fingerprint density at radius 1 is 1.46 bits per heavy atom. The van der Waals surface area contributed by atoms with Gasteiger partial charge in [0.15, 0.2) is 4.87 Å². The van der Waals surface area contributed by atoms with Gasteiger partial charge in [-0.15, -0.1) is 11.6 Å². The lowest BCUT2D eigenvalue weighted by molar-refractivity contribution is -0.150. The molecule has 1 aliphatic rings. The molecule has 1 aliphatic carbocycles. The quantitative estimate of drug-likeness (QED) is 0.635. The van der Waals surface area contributed by atoms with Gasteiger partial charge in [-0.3, -0.25) is 0 Å². The van der Waals surface area contributed by atoms with E-state index in [1.807, 2.05) is 0 Å². The summed E-state index contributed by atoms with van der Waals surface area (Å²) in [5, 5.41) is 8.63. The predicted octanol–water partition coefficient (Wildman–Crippen LogP) is 3.49. The summed E-state index contributed by atoms with van der Waals surface area (Å²) in [6.45, 7) is 0. The van der Waals surface area contributed by atoms with Crippen LogP contribution in [0.2, 0.25) is 0 Å². The Bertz CT molecular complexity index is 282. The predicted molar refractivity (Wildman–Crippen MR) is 43.9 cm³/mol. The zero-order chi connectivity index (χ0) is 10.3. The van der Waals surface area contributed by atoms with Crippen LogP contribution in [-0.4, -0.2) is 16.2 Å². The maximum Gasteiger partial charge on any atom is 0.411 e. The Labute approximate surface area is 82.4 Å². The lowest BCUT2D eigenvalue weighted by Crippen LogP contribution is -2.39. The van der Waals surface area contributed by atoms with E-state index in [0.29, 0.717) is 6.08 Å². The third-order valence-corrected chi connectivity index (χ3v) is 2.47. The molecular formula is C7H5Cl2F3O. The molecule has 13 heavy (non-hydrogen) atoms. The summed E-state index contributed by atoms with van der Waals surface area (Å²) in [7, 11) is 0. The van der Waals surface area contributed by atoms with Gasteiger partial charge in [0.2, 0.25) is 0 Å². The van der Waals surface area contributed by atoms with Crippen LogP contribution in [0, 0.1) is 0 Å².